The molecule has 8 heteroatoms. The van der Waals surface area contributed by atoms with Crippen molar-refractivity contribution in [3.8, 4) is 11.5 Å². The number of para-hydroxylation sites is 2. The molecule has 0 aliphatic heterocycles. The number of aryl methyl sites for hydroxylation is 2. The average Bonchev–Trinajstić information content (AvgIpc) is 3.27. The van der Waals surface area contributed by atoms with Crippen molar-refractivity contribution in [1.29, 1.82) is 0 Å². The van der Waals surface area contributed by atoms with Gasteiger partial charge in [-0.3, -0.25) is 9.20 Å². The molecule has 1 amide bonds. The number of aromatic nitrogens is 3. The number of nitrogens with zero attached hydrogens (tertiary/aromatic N) is 4. The Balaban J connectivity index is 1.52. The number of carbonyl (C=O) groups is 1. The van der Waals surface area contributed by atoms with E-state index in [0.29, 0.717) is 33.9 Å². The summed E-state index contributed by atoms with van der Waals surface area (Å²) in [7, 11) is 3.50. The fraction of sp³-hybridized carbons (Fsp3) is 0.125. The summed E-state index contributed by atoms with van der Waals surface area (Å²) >= 11 is 0. The first-order valence-electron chi connectivity index (χ1n) is 10.1. The van der Waals surface area contributed by atoms with Crippen LogP contribution in [0, 0.1) is 6.92 Å². The second kappa shape index (κ2) is 7.42. The van der Waals surface area contributed by atoms with E-state index in [2.05, 4.69) is 15.5 Å². The van der Waals surface area contributed by atoms with Crippen LogP contribution < -0.4 is 10.2 Å². The van der Waals surface area contributed by atoms with Crippen LogP contribution in [0.5, 0.6) is 11.5 Å². The zero-order valence-electron chi connectivity index (χ0n) is 17.8. The molecule has 2 heterocycles. The van der Waals surface area contributed by atoms with Crippen molar-refractivity contribution in [2.75, 3.05) is 7.11 Å². The molecule has 0 saturated heterocycles. The molecule has 5 rings (SSSR count). The molecule has 160 valence electrons. The fourth-order valence-electron chi connectivity index (χ4n) is 4.16. The maximum atomic E-state index is 13.1. The van der Waals surface area contributed by atoms with Crippen molar-refractivity contribution >= 4 is 39.7 Å². The number of nitrogens with one attached hydrogen (secondary N) is 1. The van der Waals surface area contributed by atoms with Gasteiger partial charge in [0, 0.05) is 23.4 Å². The second-order valence-corrected chi connectivity index (χ2v) is 7.48. The number of carbonyl (C=O) groups excluding carboxylic acids is 1. The standard InChI is InChI=1S/C24H21N5O3/c1-14-22(29-18-9-5-4-8-17(18)28(2)24(29)26-14)23(31)27-25-13-15-11-12-20(32-3)16-7-6-10-19(30)21(15)16/h4-13,30H,1-3H3,(H,27,31). The van der Waals surface area contributed by atoms with Crippen molar-refractivity contribution in [3.63, 3.8) is 0 Å². The highest BCUT2D eigenvalue weighted by molar-refractivity contribution is 6.06. The highest BCUT2D eigenvalue weighted by Crippen LogP contribution is 2.33. The van der Waals surface area contributed by atoms with E-state index < -0.39 is 0 Å². The maximum absolute atomic E-state index is 13.1. The number of phenolic OH excluding ortho intramolecular Hbond substituents is 1. The average molecular weight is 427 g/mol. The predicted molar refractivity (Wildman–Crippen MR) is 124 cm³/mol. The monoisotopic (exact) mass is 427 g/mol. The van der Waals surface area contributed by atoms with E-state index in [4.69, 9.17) is 4.74 Å². The van der Waals surface area contributed by atoms with Gasteiger partial charge in [-0.1, -0.05) is 24.3 Å². The molecule has 5 aromatic rings. The predicted octanol–water partition coefficient (Wildman–Crippen LogP) is 3.77. The lowest BCUT2D eigenvalue weighted by Crippen LogP contribution is -2.20. The van der Waals surface area contributed by atoms with E-state index in [0.717, 1.165) is 16.4 Å². The van der Waals surface area contributed by atoms with Crippen LogP contribution in [0.2, 0.25) is 0 Å². The summed E-state index contributed by atoms with van der Waals surface area (Å²) < 4.78 is 9.17. The van der Waals surface area contributed by atoms with Crippen LogP contribution >= 0.6 is 0 Å². The molecule has 0 spiro atoms. The van der Waals surface area contributed by atoms with Gasteiger partial charge in [0.15, 0.2) is 0 Å². The van der Waals surface area contributed by atoms with Crippen LogP contribution in [0.25, 0.3) is 27.6 Å². The minimum atomic E-state index is -0.371. The molecule has 0 fully saturated rings. The summed E-state index contributed by atoms with van der Waals surface area (Å²) in [4.78, 5) is 17.6. The number of hydrogen-bond acceptors (Lipinski definition) is 5. The zero-order chi connectivity index (χ0) is 22.4. The number of amides is 1. The molecule has 0 radical (unpaired) electrons. The van der Waals surface area contributed by atoms with E-state index in [9.17, 15) is 9.90 Å². The lowest BCUT2D eigenvalue weighted by Gasteiger charge is -2.09. The molecular formula is C24H21N5O3. The smallest absolute Gasteiger partial charge is 0.290 e. The molecule has 0 unspecified atom stereocenters. The quantitative estimate of drug-likeness (QED) is 0.337. The van der Waals surface area contributed by atoms with Crippen molar-refractivity contribution in [2.45, 2.75) is 6.92 Å². The van der Waals surface area contributed by atoms with E-state index in [-0.39, 0.29) is 11.7 Å². The van der Waals surface area contributed by atoms with E-state index in [1.165, 1.54) is 6.21 Å². The Morgan fingerprint density at radius 1 is 1.12 bits per heavy atom. The van der Waals surface area contributed by atoms with E-state index in [1.54, 1.807) is 38.3 Å². The molecule has 2 aromatic heterocycles. The summed E-state index contributed by atoms with van der Waals surface area (Å²) in [6, 6.07) is 16.6. The molecule has 0 aliphatic rings. The maximum Gasteiger partial charge on any atom is 0.290 e. The van der Waals surface area contributed by atoms with Crippen LogP contribution in [-0.2, 0) is 7.05 Å². The van der Waals surface area contributed by atoms with Gasteiger partial charge in [-0.15, -0.1) is 0 Å². The SMILES string of the molecule is COc1ccc(C=NNC(=O)c2c(C)nc3n(C)c4ccccc4n23)c2c(O)cccc12. The second-order valence-electron chi connectivity index (χ2n) is 7.48. The Hall–Kier alpha value is -4.33. The lowest BCUT2D eigenvalue weighted by molar-refractivity contribution is 0.0949. The summed E-state index contributed by atoms with van der Waals surface area (Å²) in [6.45, 7) is 1.80. The summed E-state index contributed by atoms with van der Waals surface area (Å²) in [5.74, 6) is 1.07. The number of rotatable bonds is 4. The number of methoxy groups -OCH3 is 1. The van der Waals surface area contributed by atoms with Gasteiger partial charge in [0.25, 0.3) is 5.91 Å². The van der Waals surface area contributed by atoms with Gasteiger partial charge in [-0.05, 0) is 37.3 Å². The molecule has 0 atom stereocenters. The highest BCUT2D eigenvalue weighted by Gasteiger charge is 2.21. The number of phenols is 1. The Labute approximate surface area is 183 Å². The third-order valence-corrected chi connectivity index (χ3v) is 5.63. The Kier molecular flexibility index (Phi) is 4.55. The van der Waals surface area contributed by atoms with Crippen LogP contribution in [-0.4, -0.2) is 38.3 Å². The topological polar surface area (TPSA) is 93.1 Å². The first-order valence-corrected chi connectivity index (χ1v) is 10.1. The molecular weight excluding hydrogens is 406 g/mol. The van der Waals surface area contributed by atoms with Crippen molar-refractivity contribution < 1.29 is 14.6 Å². The number of ether oxygens (including phenoxy) is 1. The first kappa shape index (κ1) is 19.6. The number of hydrogen-bond donors (Lipinski definition) is 2. The van der Waals surface area contributed by atoms with Crippen molar-refractivity contribution in [1.82, 2.24) is 19.4 Å². The van der Waals surface area contributed by atoms with Gasteiger partial charge in [0.05, 0.1) is 30.1 Å². The molecule has 3 aromatic carbocycles. The number of aromatic hydroxyl groups is 1. The highest BCUT2D eigenvalue weighted by atomic mass is 16.5. The normalized spacial score (nSPS) is 11.7. The molecule has 0 aliphatic carbocycles. The van der Waals surface area contributed by atoms with E-state index in [1.807, 2.05) is 46.3 Å². The first-order chi connectivity index (χ1) is 15.5. The summed E-state index contributed by atoms with van der Waals surface area (Å²) in [5, 5.41) is 15.9. The Bertz CT molecular complexity index is 1540. The van der Waals surface area contributed by atoms with Crippen LogP contribution in [0.15, 0.2) is 59.7 Å². The van der Waals surface area contributed by atoms with Gasteiger partial charge in [0.1, 0.15) is 17.2 Å². The zero-order valence-corrected chi connectivity index (χ0v) is 17.8. The third-order valence-electron chi connectivity index (χ3n) is 5.63. The van der Waals surface area contributed by atoms with Crippen LogP contribution in [0.1, 0.15) is 21.7 Å². The number of imidazole rings is 2. The Morgan fingerprint density at radius 3 is 2.69 bits per heavy atom. The third kappa shape index (κ3) is 2.88. The minimum Gasteiger partial charge on any atom is -0.507 e. The van der Waals surface area contributed by atoms with Crippen molar-refractivity contribution in [3.05, 3.63) is 71.5 Å². The van der Waals surface area contributed by atoms with Gasteiger partial charge >= 0.3 is 0 Å². The number of hydrazone groups is 1. The largest absolute Gasteiger partial charge is 0.507 e. The summed E-state index contributed by atoms with van der Waals surface area (Å²) in [6.07, 6.45) is 1.51. The minimum absolute atomic E-state index is 0.110. The van der Waals surface area contributed by atoms with Crippen LogP contribution in [0.3, 0.4) is 0 Å². The fourth-order valence-corrected chi connectivity index (χ4v) is 4.16. The van der Waals surface area contributed by atoms with Gasteiger partial charge in [-0.25, -0.2) is 10.4 Å². The number of benzene rings is 3. The molecule has 0 bridgehead atoms. The molecule has 0 saturated carbocycles. The van der Waals surface area contributed by atoms with Gasteiger partial charge in [0.2, 0.25) is 5.78 Å². The van der Waals surface area contributed by atoms with Crippen molar-refractivity contribution in [2.24, 2.45) is 12.1 Å². The van der Waals surface area contributed by atoms with E-state index >= 15 is 0 Å². The van der Waals surface area contributed by atoms with Gasteiger partial charge < -0.3 is 14.4 Å². The number of fused-ring (bicyclic) bond motifs is 4. The molecule has 32 heavy (non-hydrogen) atoms. The lowest BCUT2D eigenvalue weighted by atomic mass is 10.0. The summed E-state index contributed by atoms with van der Waals surface area (Å²) in [5.41, 5.74) is 6.17. The van der Waals surface area contributed by atoms with Crippen LogP contribution in [0.4, 0.5) is 0 Å². The Morgan fingerprint density at radius 2 is 1.91 bits per heavy atom. The molecule has 2 N–H and O–H groups in total. The molecule has 8 nitrogen and oxygen atoms in total. The van der Waals surface area contributed by atoms with Gasteiger partial charge in [-0.2, -0.15) is 5.10 Å².